The molecule has 1 aliphatic rings. The zero-order valence-electron chi connectivity index (χ0n) is 7.67. The van der Waals surface area contributed by atoms with Crippen LogP contribution in [0.25, 0.3) is 0 Å². The lowest BCUT2D eigenvalue weighted by Gasteiger charge is -2.29. The van der Waals surface area contributed by atoms with E-state index in [0.717, 1.165) is 13.0 Å². The Bertz CT molecular complexity index is 201. The highest BCUT2D eigenvalue weighted by atomic mass is 16.2. The molecule has 0 radical (unpaired) electrons. The minimum Gasteiger partial charge on any atom is -0.335 e. The normalized spacial score (nSPS) is 24.3. The van der Waals surface area contributed by atoms with E-state index in [1.54, 1.807) is 4.90 Å². The lowest BCUT2D eigenvalue weighted by Crippen LogP contribution is -2.40. The molecule has 0 aromatic rings. The van der Waals surface area contributed by atoms with Gasteiger partial charge < -0.3 is 4.90 Å². The van der Waals surface area contributed by atoms with Crippen LogP contribution in [0.1, 0.15) is 26.7 Å². The van der Waals surface area contributed by atoms with Crippen molar-refractivity contribution in [3.8, 4) is 0 Å². The number of hydrogen-bond donors (Lipinski definition) is 0. The van der Waals surface area contributed by atoms with Crippen LogP contribution in [-0.2, 0) is 9.59 Å². The summed E-state index contributed by atoms with van der Waals surface area (Å²) in [7, 11) is 0. The van der Waals surface area contributed by atoms with E-state index >= 15 is 0 Å². The van der Waals surface area contributed by atoms with Crippen molar-refractivity contribution < 1.29 is 9.59 Å². The summed E-state index contributed by atoms with van der Waals surface area (Å²) in [5.74, 6) is 0.683. The van der Waals surface area contributed by atoms with Crippen molar-refractivity contribution in [3.05, 3.63) is 0 Å². The topological polar surface area (TPSA) is 37.4 Å². The van der Waals surface area contributed by atoms with Crippen LogP contribution in [0.3, 0.4) is 0 Å². The van der Waals surface area contributed by atoms with Gasteiger partial charge in [0.2, 0.25) is 5.91 Å². The smallest absolute Gasteiger partial charge is 0.223 e. The maximum Gasteiger partial charge on any atom is 0.223 e. The molecule has 1 saturated heterocycles. The first-order valence-electron chi connectivity index (χ1n) is 4.37. The van der Waals surface area contributed by atoms with Crippen molar-refractivity contribution in [3.63, 3.8) is 0 Å². The number of hydrogen-bond acceptors (Lipinski definition) is 2. The summed E-state index contributed by atoms with van der Waals surface area (Å²) in [4.78, 5) is 23.7. The third kappa shape index (κ3) is 2.32. The Hall–Kier alpha value is -0.860. The molecule has 1 aliphatic heterocycles. The Labute approximate surface area is 72.7 Å². The number of likely N-dealkylation sites (tertiary alicyclic amines) is 1. The number of piperidine rings is 1. The Balaban J connectivity index is 2.45. The second-order valence-electron chi connectivity index (χ2n) is 3.62. The quantitative estimate of drug-likeness (QED) is 0.614. The average Bonchev–Trinajstić information content (AvgIpc) is 1.94. The van der Waals surface area contributed by atoms with Crippen LogP contribution in [0.5, 0.6) is 0 Å². The molecular weight excluding hydrogens is 154 g/mol. The van der Waals surface area contributed by atoms with E-state index in [2.05, 4.69) is 6.92 Å². The Kier molecular flexibility index (Phi) is 2.84. The molecule has 3 nitrogen and oxygen atoms in total. The zero-order valence-corrected chi connectivity index (χ0v) is 7.67. The van der Waals surface area contributed by atoms with Gasteiger partial charge in [-0.25, -0.2) is 0 Å². The second-order valence-corrected chi connectivity index (χ2v) is 3.62. The van der Waals surface area contributed by atoms with Crippen molar-refractivity contribution >= 4 is 11.7 Å². The Morgan fingerprint density at radius 2 is 2.33 bits per heavy atom. The number of Topliss-reactive ketones (excluding diaryl/α,β-unsaturated/α-hetero) is 1. The van der Waals surface area contributed by atoms with Crippen LogP contribution in [0, 0.1) is 5.92 Å². The van der Waals surface area contributed by atoms with Crippen LogP contribution >= 0.6 is 0 Å². The number of rotatable bonds is 2. The average molecular weight is 169 g/mol. The van der Waals surface area contributed by atoms with Gasteiger partial charge in [0.25, 0.3) is 0 Å². The van der Waals surface area contributed by atoms with Crippen molar-refractivity contribution in [2.24, 2.45) is 5.92 Å². The standard InChI is InChI=1S/C9H15NO2/c1-7-3-4-10(6-8(2)11)9(12)5-7/h7H,3-6H2,1-2H3. The van der Waals surface area contributed by atoms with Gasteiger partial charge in [-0.3, -0.25) is 9.59 Å². The van der Waals surface area contributed by atoms with E-state index in [9.17, 15) is 9.59 Å². The van der Waals surface area contributed by atoms with Crippen LogP contribution in [-0.4, -0.2) is 29.7 Å². The third-order valence-electron chi connectivity index (χ3n) is 2.18. The van der Waals surface area contributed by atoms with E-state index in [0.29, 0.717) is 18.9 Å². The Morgan fingerprint density at radius 1 is 1.67 bits per heavy atom. The molecule has 12 heavy (non-hydrogen) atoms. The van der Waals surface area contributed by atoms with E-state index in [1.165, 1.54) is 6.92 Å². The molecule has 0 saturated carbocycles. The molecule has 1 rings (SSSR count). The molecular formula is C9H15NO2. The monoisotopic (exact) mass is 169 g/mol. The molecule has 3 heteroatoms. The van der Waals surface area contributed by atoms with Crippen LogP contribution < -0.4 is 0 Å². The maximum absolute atomic E-state index is 11.3. The minimum absolute atomic E-state index is 0.0675. The number of amides is 1. The fraction of sp³-hybridized carbons (Fsp3) is 0.778. The molecule has 68 valence electrons. The predicted octanol–water partition coefficient (Wildman–Crippen LogP) is 0.834. The van der Waals surface area contributed by atoms with Crippen LogP contribution in [0.15, 0.2) is 0 Å². The molecule has 1 amide bonds. The van der Waals surface area contributed by atoms with Crippen LogP contribution in [0.2, 0.25) is 0 Å². The van der Waals surface area contributed by atoms with E-state index in [4.69, 9.17) is 0 Å². The van der Waals surface area contributed by atoms with Gasteiger partial charge in [-0.1, -0.05) is 6.92 Å². The highest BCUT2D eigenvalue weighted by Gasteiger charge is 2.23. The molecule has 1 unspecified atom stereocenters. The summed E-state index contributed by atoms with van der Waals surface area (Å²) >= 11 is 0. The molecule has 0 bridgehead atoms. The predicted molar refractivity (Wildman–Crippen MR) is 45.7 cm³/mol. The van der Waals surface area contributed by atoms with Gasteiger partial charge in [-0.15, -0.1) is 0 Å². The number of nitrogens with zero attached hydrogens (tertiary/aromatic N) is 1. The van der Waals surface area contributed by atoms with Gasteiger partial charge in [-0.05, 0) is 19.3 Å². The fourth-order valence-electron chi connectivity index (χ4n) is 1.47. The van der Waals surface area contributed by atoms with E-state index < -0.39 is 0 Å². The highest BCUT2D eigenvalue weighted by Crippen LogP contribution is 2.16. The molecule has 1 fully saturated rings. The fourth-order valence-corrected chi connectivity index (χ4v) is 1.47. The zero-order chi connectivity index (χ0) is 9.14. The first kappa shape index (κ1) is 9.23. The molecule has 0 aromatic carbocycles. The molecule has 0 spiro atoms. The lowest BCUT2D eigenvalue weighted by atomic mass is 9.98. The largest absolute Gasteiger partial charge is 0.335 e. The number of carbonyl (C=O) groups is 2. The van der Waals surface area contributed by atoms with Gasteiger partial charge in [0.15, 0.2) is 0 Å². The summed E-state index contributed by atoms with van der Waals surface area (Å²) in [6.45, 7) is 4.64. The van der Waals surface area contributed by atoms with Crippen molar-refractivity contribution in [2.75, 3.05) is 13.1 Å². The summed E-state index contributed by atoms with van der Waals surface area (Å²) in [6, 6.07) is 0. The summed E-state index contributed by atoms with van der Waals surface area (Å²) < 4.78 is 0. The molecule has 0 N–H and O–H groups in total. The molecule has 0 aliphatic carbocycles. The minimum atomic E-state index is 0.0675. The van der Waals surface area contributed by atoms with Crippen molar-refractivity contribution in [2.45, 2.75) is 26.7 Å². The molecule has 1 atom stereocenters. The van der Waals surface area contributed by atoms with Gasteiger partial charge in [0.05, 0.1) is 6.54 Å². The summed E-state index contributed by atoms with van der Waals surface area (Å²) in [5.41, 5.74) is 0. The van der Waals surface area contributed by atoms with Crippen LogP contribution in [0.4, 0.5) is 0 Å². The van der Waals surface area contributed by atoms with Gasteiger partial charge in [0, 0.05) is 13.0 Å². The first-order valence-corrected chi connectivity index (χ1v) is 4.37. The SMILES string of the molecule is CC(=O)CN1CCC(C)CC1=O. The highest BCUT2D eigenvalue weighted by molar-refractivity contribution is 5.85. The van der Waals surface area contributed by atoms with Crippen molar-refractivity contribution in [1.29, 1.82) is 0 Å². The maximum atomic E-state index is 11.3. The van der Waals surface area contributed by atoms with Crippen molar-refractivity contribution in [1.82, 2.24) is 4.90 Å². The first-order chi connectivity index (χ1) is 5.59. The van der Waals surface area contributed by atoms with Gasteiger partial charge >= 0.3 is 0 Å². The third-order valence-corrected chi connectivity index (χ3v) is 2.18. The Morgan fingerprint density at radius 3 is 2.83 bits per heavy atom. The summed E-state index contributed by atoms with van der Waals surface area (Å²) in [6.07, 6.45) is 1.63. The molecule has 0 aromatic heterocycles. The molecule has 1 heterocycles. The second kappa shape index (κ2) is 3.70. The van der Waals surface area contributed by atoms with E-state index in [-0.39, 0.29) is 11.7 Å². The lowest BCUT2D eigenvalue weighted by molar-refractivity contribution is -0.138. The summed E-state index contributed by atoms with van der Waals surface area (Å²) in [5, 5.41) is 0. The number of carbonyl (C=O) groups excluding carboxylic acids is 2. The van der Waals surface area contributed by atoms with E-state index in [1.807, 2.05) is 0 Å². The number of ketones is 1. The van der Waals surface area contributed by atoms with Gasteiger partial charge in [0.1, 0.15) is 5.78 Å². The van der Waals surface area contributed by atoms with Gasteiger partial charge in [-0.2, -0.15) is 0 Å².